The first-order chi connectivity index (χ1) is 6.35. The Kier molecular flexibility index (Phi) is 7.63. The quantitative estimate of drug-likeness (QED) is 0.321. The van der Waals surface area contributed by atoms with Crippen molar-refractivity contribution in [1.29, 1.82) is 0 Å². The molecular formula is C8H13N3O2. The second-order valence-electron chi connectivity index (χ2n) is 2.26. The molecule has 0 bridgehead atoms. The smallest absolute Gasteiger partial charge is 0.216 e. The standard InChI is InChI=1S/C8H13N3O2/c1-2-9-6-10-4-3-5-11(7-12)8-13/h7-8H,2-5H2,1H3. The molecule has 0 unspecified atom stereocenters. The molecule has 0 rings (SSSR count). The van der Waals surface area contributed by atoms with Gasteiger partial charge >= 0.3 is 0 Å². The van der Waals surface area contributed by atoms with Gasteiger partial charge in [-0.15, -0.1) is 0 Å². The third kappa shape index (κ3) is 6.90. The van der Waals surface area contributed by atoms with Gasteiger partial charge in [0.05, 0.1) is 12.6 Å². The Hall–Kier alpha value is -1.48. The molecule has 2 amide bonds. The van der Waals surface area contributed by atoms with Crippen molar-refractivity contribution < 1.29 is 9.59 Å². The number of imide groups is 1. The van der Waals surface area contributed by atoms with Gasteiger partial charge in [-0.25, -0.2) is 9.98 Å². The first-order valence-corrected chi connectivity index (χ1v) is 4.09. The maximum atomic E-state index is 10.1. The molecule has 5 nitrogen and oxygen atoms in total. The average molecular weight is 183 g/mol. The van der Waals surface area contributed by atoms with E-state index in [2.05, 4.69) is 16.0 Å². The molecule has 0 aliphatic heterocycles. The highest BCUT2D eigenvalue weighted by atomic mass is 16.2. The predicted molar refractivity (Wildman–Crippen MR) is 48.7 cm³/mol. The van der Waals surface area contributed by atoms with E-state index in [-0.39, 0.29) is 0 Å². The molecule has 0 aromatic carbocycles. The summed E-state index contributed by atoms with van der Waals surface area (Å²) in [7, 11) is 0. The largest absolute Gasteiger partial charge is 0.288 e. The van der Waals surface area contributed by atoms with Crippen molar-refractivity contribution >= 4 is 18.8 Å². The summed E-state index contributed by atoms with van der Waals surface area (Å²) in [5.74, 6) is 0. The Morgan fingerprint density at radius 3 is 2.54 bits per heavy atom. The highest BCUT2D eigenvalue weighted by molar-refractivity contribution is 5.68. The molecule has 0 aromatic heterocycles. The maximum Gasteiger partial charge on any atom is 0.216 e. The number of rotatable bonds is 7. The van der Waals surface area contributed by atoms with Crippen LogP contribution in [0.25, 0.3) is 0 Å². The molecule has 0 spiro atoms. The van der Waals surface area contributed by atoms with Gasteiger partial charge in [0.15, 0.2) is 0 Å². The summed E-state index contributed by atoms with van der Waals surface area (Å²) in [5, 5.41) is 0. The SMILES string of the molecule is CCN=C=NCCCN(C=O)C=O. The van der Waals surface area contributed by atoms with E-state index in [1.165, 1.54) is 0 Å². The molecule has 72 valence electrons. The molecule has 0 aliphatic rings. The zero-order valence-corrected chi connectivity index (χ0v) is 7.64. The molecule has 0 atom stereocenters. The molecule has 0 aromatic rings. The topological polar surface area (TPSA) is 62.1 Å². The van der Waals surface area contributed by atoms with E-state index >= 15 is 0 Å². The second-order valence-corrected chi connectivity index (χ2v) is 2.26. The lowest BCUT2D eigenvalue weighted by molar-refractivity contribution is -0.129. The number of hydrogen-bond donors (Lipinski definition) is 0. The summed E-state index contributed by atoms with van der Waals surface area (Å²) >= 11 is 0. The fraction of sp³-hybridized carbons (Fsp3) is 0.625. The zero-order valence-electron chi connectivity index (χ0n) is 7.64. The van der Waals surface area contributed by atoms with Gasteiger partial charge in [0.1, 0.15) is 0 Å². The average Bonchev–Trinajstić information content (AvgIpc) is 2.17. The van der Waals surface area contributed by atoms with E-state index < -0.39 is 0 Å². The van der Waals surface area contributed by atoms with E-state index in [9.17, 15) is 9.59 Å². The minimum absolute atomic E-state index is 0.393. The summed E-state index contributed by atoms with van der Waals surface area (Å²) in [6.07, 6.45) is 1.64. The zero-order chi connectivity index (χ0) is 9.94. The lowest BCUT2D eigenvalue weighted by Gasteiger charge is -2.05. The Labute approximate surface area is 77.2 Å². The van der Waals surface area contributed by atoms with Gasteiger partial charge in [-0.2, -0.15) is 0 Å². The van der Waals surface area contributed by atoms with Gasteiger partial charge in [0.25, 0.3) is 0 Å². The molecule has 0 aliphatic carbocycles. The molecule has 0 fully saturated rings. The van der Waals surface area contributed by atoms with Crippen LogP contribution in [0.3, 0.4) is 0 Å². The molecule has 0 N–H and O–H groups in total. The third-order valence-corrected chi connectivity index (χ3v) is 1.26. The van der Waals surface area contributed by atoms with Crippen molar-refractivity contribution in [2.75, 3.05) is 19.6 Å². The minimum Gasteiger partial charge on any atom is -0.288 e. The summed E-state index contributed by atoms with van der Waals surface area (Å²) < 4.78 is 0. The predicted octanol–water partition coefficient (Wildman–Crippen LogP) is 0.185. The summed E-state index contributed by atoms with van der Waals surface area (Å²) in [6, 6.07) is 2.50. The van der Waals surface area contributed by atoms with Crippen molar-refractivity contribution in [2.24, 2.45) is 9.98 Å². The van der Waals surface area contributed by atoms with Crippen LogP contribution in [0.1, 0.15) is 13.3 Å². The molecule has 0 saturated carbocycles. The number of hydrogen-bond acceptors (Lipinski definition) is 4. The molecule has 0 saturated heterocycles. The lowest BCUT2D eigenvalue weighted by atomic mass is 10.4. The van der Waals surface area contributed by atoms with Crippen LogP contribution in [0.4, 0.5) is 0 Å². The fourth-order valence-electron chi connectivity index (χ4n) is 0.633. The van der Waals surface area contributed by atoms with Crippen LogP contribution in [-0.2, 0) is 9.59 Å². The van der Waals surface area contributed by atoms with Crippen LogP contribution >= 0.6 is 0 Å². The van der Waals surface area contributed by atoms with Crippen molar-refractivity contribution in [3.63, 3.8) is 0 Å². The molecule has 0 heterocycles. The van der Waals surface area contributed by atoms with Crippen LogP contribution in [0.2, 0.25) is 0 Å². The van der Waals surface area contributed by atoms with Crippen LogP contribution in [0.5, 0.6) is 0 Å². The van der Waals surface area contributed by atoms with Crippen LogP contribution in [0.15, 0.2) is 9.98 Å². The van der Waals surface area contributed by atoms with E-state index in [0.29, 0.717) is 38.9 Å². The molecule has 0 radical (unpaired) electrons. The van der Waals surface area contributed by atoms with Crippen LogP contribution < -0.4 is 0 Å². The van der Waals surface area contributed by atoms with Crippen LogP contribution in [0, 0.1) is 0 Å². The summed E-state index contributed by atoms with van der Waals surface area (Å²) in [6.45, 7) is 3.48. The highest BCUT2D eigenvalue weighted by Gasteiger charge is 1.95. The minimum atomic E-state index is 0.393. The summed E-state index contributed by atoms with van der Waals surface area (Å²) in [4.78, 5) is 28.9. The van der Waals surface area contributed by atoms with Gasteiger partial charge in [0, 0.05) is 13.1 Å². The molecule has 13 heavy (non-hydrogen) atoms. The van der Waals surface area contributed by atoms with E-state index in [1.807, 2.05) is 6.92 Å². The maximum absolute atomic E-state index is 10.1. The molecular weight excluding hydrogens is 170 g/mol. The Bertz CT molecular complexity index is 201. The lowest BCUT2D eigenvalue weighted by Crippen LogP contribution is -2.21. The first-order valence-electron chi connectivity index (χ1n) is 4.09. The third-order valence-electron chi connectivity index (χ3n) is 1.26. The Morgan fingerprint density at radius 2 is 2.00 bits per heavy atom. The molecule has 5 heteroatoms. The van der Waals surface area contributed by atoms with Crippen molar-refractivity contribution in [1.82, 2.24) is 4.90 Å². The van der Waals surface area contributed by atoms with Crippen LogP contribution in [-0.4, -0.2) is 43.4 Å². The normalized spacial score (nSPS) is 8.38. The van der Waals surface area contributed by atoms with Gasteiger partial charge < -0.3 is 0 Å². The number of amides is 2. The van der Waals surface area contributed by atoms with Gasteiger partial charge in [0.2, 0.25) is 12.8 Å². The summed E-state index contributed by atoms with van der Waals surface area (Å²) in [5.41, 5.74) is 0. The van der Waals surface area contributed by atoms with Gasteiger partial charge in [-0.3, -0.25) is 14.5 Å². The second kappa shape index (κ2) is 8.62. The number of aliphatic imine (C=N–C) groups is 2. The van der Waals surface area contributed by atoms with Gasteiger partial charge in [-0.1, -0.05) is 0 Å². The fourth-order valence-corrected chi connectivity index (χ4v) is 0.633. The first kappa shape index (κ1) is 11.5. The highest BCUT2D eigenvalue weighted by Crippen LogP contribution is 1.84. The van der Waals surface area contributed by atoms with Gasteiger partial charge in [-0.05, 0) is 13.3 Å². The Morgan fingerprint density at radius 1 is 1.31 bits per heavy atom. The van der Waals surface area contributed by atoms with E-state index in [4.69, 9.17) is 0 Å². The number of carbonyl (C=O) groups excluding carboxylic acids is 2. The van der Waals surface area contributed by atoms with E-state index in [1.54, 1.807) is 0 Å². The number of nitrogens with zero attached hydrogens (tertiary/aromatic N) is 3. The van der Waals surface area contributed by atoms with Crippen molar-refractivity contribution in [3.05, 3.63) is 0 Å². The Balaban J connectivity index is 3.49. The van der Waals surface area contributed by atoms with E-state index in [0.717, 1.165) is 4.90 Å². The van der Waals surface area contributed by atoms with Crippen molar-refractivity contribution in [2.45, 2.75) is 13.3 Å². The number of carbonyl (C=O) groups is 2. The van der Waals surface area contributed by atoms with Crippen molar-refractivity contribution in [3.8, 4) is 0 Å². The monoisotopic (exact) mass is 183 g/mol.